The van der Waals surface area contributed by atoms with Crippen molar-refractivity contribution < 1.29 is 19.5 Å². The van der Waals surface area contributed by atoms with Gasteiger partial charge in [-0.2, -0.15) is 0 Å². The minimum absolute atomic E-state index is 0.00900. The van der Waals surface area contributed by atoms with Crippen molar-refractivity contribution in [2.24, 2.45) is 23.7 Å². The largest absolute Gasteiger partial charge is 0.394 e. The van der Waals surface area contributed by atoms with Crippen LogP contribution in [-0.4, -0.2) is 69.5 Å². The number of nitrogens with zero attached hydrogens (tertiary/aromatic N) is 1. The van der Waals surface area contributed by atoms with E-state index < -0.39 is 28.7 Å². The molecule has 1 spiro atoms. The van der Waals surface area contributed by atoms with Crippen LogP contribution in [0.25, 0.3) is 0 Å². The Balaban J connectivity index is 2.09. The number of thioether (sulfide) groups is 1. The van der Waals surface area contributed by atoms with Gasteiger partial charge in [-0.3, -0.25) is 14.4 Å². The SMILES string of the molecule is CCCC(C)NC(=O)C1N([C@@H](CO)[C@@H](C)CC)C(=O)[C@@H]2[C@@H](C(=O)NC)[C@H]3CC(C)C12S3. The van der Waals surface area contributed by atoms with Gasteiger partial charge in [0.2, 0.25) is 17.7 Å². The second-order valence-electron chi connectivity index (χ2n) is 9.75. The summed E-state index contributed by atoms with van der Waals surface area (Å²) < 4.78 is -0.629. The first-order chi connectivity index (χ1) is 14.7. The minimum atomic E-state index is -0.671. The Morgan fingerprint density at radius 3 is 2.52 bits per heavy atom. The maximum absolute atomic E-state index is 13.9. The Hall–Kier alpha value is -1.28. The second-order valence-corrected chi connectivity index (χ2v) is 11.3. The average molecular weight is 454 g/mol. The highest BCUT2D eigenvalue weighted by Gasteiger charge is 2.76. The van der Waals surface area contributed by atoms with E-state index in [1.807, 2.05) is 20.8 Å². The van der Waals surface area contributed by atoms with Crippen LogP contribution in [0, 0.1) is 23.7 Å². The quantitative estimate of drug-likeness (QED) is 0.494. The van der Waals surface area contributed by atoms with Crippen molar-refractivity contribution in [3.63, 3.8) is 0 Å². The molecule has 3 aliphatic rings. The summed E-state index contributed by atoms with van der Waals surface area (Å²) in [5.41, 5.74) is 0. The number of hydrogen-bond acceptors (Lipinski definition) is 5. The Bertz CT molecular complexity index is 719. The van der Waals surface area contributed by atoms with Gasteiger partial charge in [0, 0.05) is 18.3 Å². The van der Waals surface area contributed by atoms with Crippen molar-refractivity contribution in [3.05, 3.63) is 0 Å². The molecule has 0 saturated carbocycles. The number of hydrogen-bond donors (Lipinski definition) is 3. The molecule has 0 aliphatic carbocycles. The van der Waals surface area contributed by atoms with Crippen LogP contribution in [0.5, 0.6) is 0 Å². The van der Waals surface area contributed by atoms with Gasteiger partial charge < -0.3 is 20.6 Å². The van der Waals surface area contributed by atoms with Gasteiger partial charge >= 0.3 is 0 Å². The summed E-state index contributed by atoms with van der Waals surface area (Å²) in [7, 11) is 1.61. The smallest absolute Gasteiger partial charge is 0.244 e. The highest BCUT2D eigenvalue weighted by molar-refractivity contribution is 8.02. The van der Waals surface area contributed by atoms with Crippen molar-refractivity contribution in [2.75, 3.05) is 13.7 Å². The summed E-state index contributed by atoms with van der Waals surface area (Å²) in [6.45, 7) is 10.0. The first-order valence-electron chi connectivity index (χ1n) is 11.8. The van der Waals surface area contributed by atoms with Crippen LogP contribution in [-0.2, 0) is 14.4 Å². The number of aliphatic hydroxyl groups excluding tert-OH is 1. The third-order valence-corrected chi connectivity index (χ3v) is 10.0. The summed E-state index contributed by atoms with van der Waals surface area (Å²) in [5.74, 6) is -1.17. The van der Waals surface area contributed by atoms with Gasteiger partial charge in [0.15, 0.2) is 0 Å². The molecule has 8 heteroatoms. The summed E-state index contributed by atoms with van der Waals surface area (Å²) in [5, 5.41) is 16.2. The van der Waals surface area contributed by atoms with Crippen molar-refractivity contribution in [1.82, 2.24) is 15.5 Å². The Morgan fingerprint density at radius 2 is 1.97 bits per heavy atom. The third kappa shape index (κ3) is 3.67. The van der Waals surface area contributed by atoms with Crippen LogP contribution in [0.1, 0.15) is 60.3 Å². The van der Waals surface area contributed by atoms with E-state index in [-0.39, 0.29) is 47.5 Å². The van der Waals surface area contributed by atoms with Gasteiger partial charge in [0.25, 0.3) is 0 Å². The molecular formula is C23H39N3O4S. The van der Waals surface area contributed by atoms with E-state index >= 15 is 0 Å². The fourth-order valence-electron chi connectivity index (χ4n) is 6.22. The normalized spacial score (nSPS) is 36.8. The molecule has 3 fully saturated rings. The molecular weight excluding hydrogens is 414 g/mol. The van der Waals surface area contributed by atoms with Gasteiger partial charge in [0.05, 0.1) is 29.2 Å². The van der Waals surface area contributed by atoms with E-state index in [1.165, 1.54) is 0 Å². The Morgan fingerprint density at radius 1 is 1.29 bits per heavy atom. The van der Waals surface area contributed by atoms with Crippen molar-refractivity contribution in [2.45, 2.75) is 88.4 Å². The Kier molecular flexibility index (Phi) is 7.31. The highest BCUT2D eigenvalue weighted by atomic mass is 32.2. The van der Waals surface area contributed by atoms with Crippen molar-refractivity contribution in [1.29, 1.82) is 0 Å². The lowest BCUT2D eigenvalue weighted by molar-refractivity contribution is -0.144. The van der Waals surface area contributed by atoms with Gasteiger partial charge in [-0.15, -0.1) is 11.8 Å². The van der Waals surface area contributed by atoms with Crippen molar-refractivity contribution in [3.8, 4) is 0 Å². The van der Waals surface area contributed by atoms with Crippen LogP contribution < -0.4 is 10.6 Å². The molecule has 3 saturated heterocycles. The lowest BCUT2D eigenvalue weighted by Gasteiger charge is -2.41. The number of amides is 3. The fourth-order valence-corrected chi connectivity index (χ4v) is 8.63. The molecule has 0 aromatic heterocycles. The molecule has 4 unspecified atom stereocenters. The molecule has 3 rings (SSSR count). The zero-order chi connectivity index (χ0) is 23.1. The molecule has 3 heterocycles. The highest BCUT2D eigenvalue weighted by Crippen LogP contribution is 2.68. The molecule has 9 atom stereocenters. The van der Waals surface area contributed by atoms with Crippen molar-refractivity contribution >= 4 is 29.5 Å². The zero-order valence-electron chi connectivity index (χ0n) is 19.7. The van der Waals surface area contributed by atoms with E-state index in [0.717, 1.165) is 25.7 Å². The molecule has 3 aliphatic heterocycles. The molecule has 0 aromatic rings. The first-order valence-corrected chi connectivity index (χ1v) is 12.7. The average Bonchev–Trinajstić information content (AvgIpc) is 3.32. The van der Waals surface area contributed by atoms with E-state index in [1.54, 1.807) is 23.7 Å². The molecule has 3 N–H and O–H groups in total. The maximum Gasteiger partial charge on any atom is 0.244 e. The van der Waals surface area contributed by atoms with Gasteiger partial charge in [0.1, 0.15) is 6.04 Å². The number of carbonyl (C=O) groups is 3. The van der Waals surface area contributed by atoms with Crippen LogP contribution in [0.15, 0.2) is 0 Å². The number of carbonyl (C=O) groups excluding carboxylic acids is 3. The van der Waals surface area contributed by atoms with Gasteiger partial charge in [-0.05, 0) is 31.6 Å². The van der Waals surface area contributed by atoms with Crippen LogP contribution in [0.4, 0.5) is 0 Å². The molecule has 3 amide bonds. The molecule has 31 heavy (non-hydrogen) atoms. The lowest BCUT2D eigenvalue weighted by Crippen LogP contribution is -2.60. The Labute approximate surface area is 190 Å². The monoisotopic (exact) mass is 453 g/mol. The van der Waals surface area contributed by atoms with Crippen LogP contribution >= 0.6 is 11.8 Å². The number of nitrogens with one attached hydrogen (secondary N) is 2. The third-order valence-electron chi connectivity index (χ3n) is 7.94. The summed E-state index contributed by atoms with van der Waals surface area (Å²) in [4.78, 5) is 42.2. The predicted molar refractivity (Wildman–Crippen MR) is 122 cm³/mol. The molecule has 0 aromatic carbocycles. The van der Waals surface area contributed by atoms with E-state index in [0.29, 0.717) is 0 Å². The fraction of sp³-hybridized carbons (Fsp3) is 0.870. The first kappa shape index (κ1) is 24.4. The second kappa shape index (κ2) is 9.30. The predicted octanol–water partition coefficient (Wildman–Crippen LogP) is 1.78. The topological polar surface area (TPSA) is 98.7 Å². The molecule has 7 nitrogen and oxygen atoms in total. The molecule has 2 bridgehead atoms. The number of likely N-dealkylation sites (tertiary alicyclic amines) is 1. The number of aliphatic hydroxyl groups is 1. The molecule has 0 radical (unpaired) electrons. The van der Waals surface area contributed by atoms with E-state index in [4.69, 9.17) is 0 Å². The minimum Gasteiger partial charge on any atom is -0.394 e. The number of rotatable bonds is 9. The van der Waals surface area contributed by atoms with Gasteiger partial charge in [-0.1, -0.05) is 40.5 Å². The summed E-state index contributed by atoms with van der Waals surface area (Å²) >= 11 is 1.68. The maximum atomic E-state index is 13.9. The zero-order valence-corrected chi connectivity index (χ0v) is 20.5. The van der Waals surface area contributed by atoms with Gasteiger partial charge in [-0.25, -0.2) is 0 Å². The summed E-state index contributed by atoms with van der Waals surface area (Å²) in [6, 6.07) is -1.10. The standard InChI is InChI=1S/C23H39N3O4S/c1-7-9-14(5)25-21(29)19-23-13(4)10-16(31-23)17(20(28)24-6)18(23)22(30)26(19)15(11-27)12(3)8-2/h12-19,27H,7-11H2,1-6H3,(H,24,28)(H,25,29)/t12-,13?,14?,15-,16+,17-,18-,19?,23?/m0/s1. The van der Waals surface area contributed by atoms with Crippen LogP contribution in [0.2, 0.25) is 0 Å². The number of fused-ring (bicyclic) bond motifs is 1. The van der Waals surface area contributed by atoms with E-state index in [9.17, 15) is 19.5 Å². The lowest BCUT2D eigenvalue weighted by atomic mass is 9.66. The molecule has 176 valence electrons. The summed E-state index contributed by atoms with van der Waals surface area (Å²) in [6.07, 6.45) is 3.43. The van der Waals surface area contributed by atoms with Crippen LogP contribution in [0.3, 0.4) is 0 Å². The van der Waals surface area contributed by atoms with E-state index in [2.05, 4.69) is 24.5 Å².